The smallest absolute Gasteiger partial charge is 0.291 e. The van der Waals surface area contributed by atoms with Crippen LogP contribution in [0.25, 0.3) is 0 Å². The molecule has 1 heterocycles. The Morgan fingerprint density at radius 3 is 1.72 bits per heavy atom. The molecule has 0 atom stereocenters. The fraction of sp³-hybridized carbons (Fsp3) is 0.824. The van der Waals surface area contributed by atoms with Gasteiger partial charge >= 0.3 is 96.3 Å². The fourth-order valence-corrected chi connectivity index (χ4v) is 3.96. The Bertz CT molecular complexity index is 619. The van der Waals surface area contributed by atoms with E-state index < -0.39 is 10.2 Å². The predicted molar refractivity (Wildman–Crippen MR) is 102 cm³/mol. The molecular weight excluding hydrogens is 565 g/mol. The van der Waals surface area contributed by atoms with E-state index >= 15 is 0 Å². The van der Waals surface area contributed by atoms with Crippen LogP contribution in [0, 0.1) is 30.0 Å². The molecular formula is C17H33N5O6Pt. The number of hydrogen-bond acceptors (Lipinski definition) is 5. The van der Waals surface area contributed by atoms with Gasteiger partial charge in [-0.2, -0.15) is 0 Å². The summed E-state index contributed by atoms with van der Waals surface area (Å²) in [6.07, 6.45) is 18.2. The summed E-state index contributed by atoms with van der Waals surface area (Å²) in [5, 5.41) is 27.3. The Labute approximate surface area is 181 Å². The number of nitrogens with zero attached hydrogens (tertiary/aromatic N) is 4. The molecule has 2 saturated carbocycles. The van der Waals surface area contributed by atoms with E-state index in [2.05, 4.69) is 47.9 Å². The molecule has 1 aromatic heterocycles. The Balaban J connectivity index is 0.000000436. The Morgan fingerprint density at radius 2 is 1.41 bits per heavy atom. The normalized spacial score (nSPS) is 16.8. The van der Waals surface area contributed by atoms with Gasteiger partial charge in [-0.25, -0.2) is 0 Å². The van der Waals surface area contributed by atoms with Crippen molar-refractivity contribution < 1.29 is 39.9 Å². The molecule has 0 amide bonds. The fourth-order valence-electron chi connectivity index (χ4n) is 3.41. The van der Waals surface area contributed by atoms with E-state index in [0.717, 1.165) is 5.92 Å². The van der Waals surface area contributed by atoms with Crippen LogP contribution in [0.5, 0.6) is 0 Å². The molecule has 12 heteroatoms. The Morgan fingerprint density at radius 1 is 1.00 bits per heavy atom. The monoisotopic (exact) mass is 598 g/mol. The zero-order valence-electron chi connectivity index (χ0n) is 16.8. The molecule has 0 radical (unpaired) electrons. The van der Waals surface area contributed by atoms with Gasteiger partial charge in [0.1, 0.15) is 0 Å². The van der Waals surface area contributed by atoms with Gasteiger partial charge in [-0.3, -0.25) is 0 Å². The van der Waals surface area contributed by atoms with Crippen LogP contribution in [0.15, 0.2) is 12.4 Å². The van der Waals surface area contributed by atoms with Crippen molar-refractivity contribution in [2.45, 2.75) is 76.8 Å². The number of aromatic nitrogens is 2. The molecule has 2 aliphatic carbocycles. The molecule has 0 saturated heterocycles. The van der Waals surface area contributed by atoms with E-state index in [1.54, 1.807) is 0 Å². The number of nitrogens with two attached hydrogens (primary N) is 1. The topological polar surface area (TPSA) is 163 Å². The quantitative estimate of drug-likeness (QED) is 0.348. The van der Waals surface area contributed by atoms with E-state index in [1.807, 2.05) is 0 Å². The molecule has 0 aliphatic heterocycles. The van der Waals surface area contributed by atoms with Crippen LogP contribution in [0.3, 0.4) is 0 Å². The summed E-state index contributed by atoms with van der Waals surface area (Å²) in [4.78, 5) is 16.7. The van der Waals surface area contributed by atoms with Gasteiger partial charge in [-0.15, -0.1) is 20.2 Å². The van der Waals surface area contributed by atoms with Crippen LogP contribution in [0.2, 0.25) is 0 Å². The molecule has 0 spiro atoms. The van der Waals surface area contributed by atoms with Crippen molar-refractivity contribution in [2.75, 3.05) is 0 Å². The number of rotatable bonds is 2. The first kappa shape index (κ1) is 27.3. The average Bonchev–Trinajstić information content (AvgIpc) is 2.95. The third-order valence-electron chi connectivity index (χ3n) is 4.79. The summed E-state index contributed by atoms with van der Waals surface area (Å²) in [7, 11) is 2.11. The van der Waals surface area contributed by atoms with E-state index in [-0.39, 0.29) is 0 Å². The van der Waals surface area contributed by atoms with E-state index in [0.29, 0.717) is 6.04 Å². The van der Waals surface area contributed by atoms with Gasteiger partial charge in [0.05, 0.1) is 0 Å². The minimum absolute atomic E-state index is 0.536. The van der Waals surface area contributed by atoms with Gasteiger partial charge in [-0.05, 0) is 12.8 Å². The second kappa shape index (κ2) is 16.1. The number of aryl methyl sites for hydroxylation is 1. The third kappa shape index (κ3) is 15.8. The molecule has 0 aromatic carbocycles. The predicted octanol–water partition coefficient (Wildman–Crippen LogP) is 3.07. The van der Waals surface area contributed by atoms with Crippen molar-refractivity contribution in [3.63, 3.8) is 0 Å². The van der Waals surface area contributed by atoms with Crippen molar-refractivity contribution in [2.24, 2.45) is 18.7 Å². The standard InChI is InChI=1S/C11H18N2.C6H13N.2HNO3.Pt/c1-12-7-8-13(10-12)9-11-5-3-2-4-6-11;7-6-4-2-1-3-5-6;2*2-1(3)4;/h7-8,11H,2-6,9H2,1H3;6H,1-5,7H2;2*(H,2,3,4);. The zero-order chi connectivity index (χ0) is 22.2. The van der Waals surface area contributed by atoms with Crippen LogP contribution < -0.4 is 5.73 Å². The first-order valence-electron chi connectivity index (χ1n) is 9.72. The van der Waals surface area contributed by atoms with Gasteiger partial charge in [-0.1, -0.05) is 19.3 Å². The molecule has 3 rings (SSSR count). The molecule has 29 heavy (non-hydrogen) atoms. The van der Waals surface area contributed by atoms with Crippen LogP contribution in [-0.4, -0.2) is 35.8 Å². The first-order valence-corrected chi connectivity index (χ1v) is 10.9. The van der Waals surface area contributed by atoms with Crippen molar-refractivity contribution >= 4 is 0 Å². The van der Waals surface area contributed by atoms with E-state index in [9.17, 15) is 0 Å². The number of imidazole rings is 1. The third-order valence-corrected chi connectivity index (χ3v) is 6.24. The minimum atomic E-state index is -1.50. The van der Waals surface area contributed by atoms with Gasteiger partial charge in [0.15, 0.2) is 0 Å². The summed E-state index contributed by atoms with van der Waals surface area (Å²) in [6.45, 7) is 1.22. The van der Waals surface area contributed by atoms with Crippen LogP contribution in [0.4, 0.5) is 0 Å². The second-order valence-electron chi connectivity index (χ2n) is 7.18. The summed E-state index contributed by atoms with van der Waals surface area (Å²) < 4.78 is 5.91. The molecule has 2 fully saturated rings. The van der Waals surface area contributed by atoms with Gasteiger partial charge in [0.25, 0.3) is 10.2 Å². The summed E-state index contributed by atoms with van der Waals surface area (Å²) >= 11 is 2.41. The van der Waals surface area contributed by atoms with Gasteiger partial charge in [0.2, 0.25) is 0 Å². The van der Waals surface area contributed by atoms with Crippen LogP contribution in [0.1, 0.15) is 64.2 Å². The molecule has 0 unspecified atom stereocenters. The zero-order valence-corrected chi connectivity index (χ0v) is 19.1. The summed E-state index contributed by atoms with van der Waals surface area (Å²) in [6, 6.07) is 0.536. The summed E-state index contributed by atoms with van der Waals surface area (Å²) in [5.74, 6) is 0.921. The van der Waals surface area contributed by atoms with Crippen LogP contribution in [-0.2, 0) is 32.9 Å². The maximum atomic E-state index is 8.36. The first-order chi connectivity index (χ1) is 13.6. The molecule has 11 nitrogen and oxygen atoms in total. The second-order valence-corrected chi connectivity index (χ2v) is 8.20. The SMILES string of the molecule is Cn1ccn(CC2CCCCC2)[c]1=[Pt].NC1CCCCC1.O=[N+]([O-])O.O=[N+]([O-])O. The van der Waals surface area contributed by atoms with Crippen molar-refractivity contribution in [1.82, 2.24) is 9.13 Å². The molecule has 4 N–H and O–H groups in total. The van der Waals surface area contributed by atoms with Gasteiger partial charge < -0.3 is 16.1 Å². The minimum Gasteiger partial charge on any atom is -0.328 e. The van der Waals surface area contributed by atoms with Crippen molar-refractivity contribution in [3.8, 4) is 0 Å². The Kier molecular flexibility index (Phi) is 15.1. The summed E-state index contributed by atoms with van der Waals surface area (Å²) in [5.41, 5.74) is 5.63. The van der Waals surface area contributed by atoms with Crippen molar-refractivity contribution in [1.29, 1.82) is 0 Å². The number of hydrogen-bond donors (Lipinski definition) is 3. The maximum Gasteiger partial charge on any atom is 0.291 e. The molecule has 0 bridgehead atoms. The largest absolute Gasteiger partial charge is 0.328 e. The van der Waals surface area contributed by atoms with Crippen molar-refractivity contribution in [3.05, 3.63) is 36.4 Å². The van der Waals surface area contributed by atoms with E-state index in [4.69, 9.17) is 36.4 Å². The van der Waals surface area contributed by atoms with E-state index in [1.165, 1.54) is 74.6 Å². The Hall–Kier alpha value is -1.74. The van der Waals surface area contributed by atoms with Crippen LogP contribution >= 0.6 is 0 Å². The van der Waals surface area contributed by atoms with Gasteiger partial charge in [0, 0.05) is 6.04 Å². The average molecular weight is 599 g/mol. The molecule has 2 aliphatic rings. The maximum absolute atomic E-state index is 8.36. The molecule has 1 aromatic rings. The molecule has 172 valence electrons.